The van der Waals surface area contributed by atoms with Gasteiger partial charge in [0.2, 0.25) is 5.91 Å². The summed E-state index contributed by atoms with van der Waals surface area (Å²) in [4.78, 5) is 24.1. The predicted octanol–water partition coefficient (Wildman–Crippen LogP) is 0.964. The van der Waals surface area contributed by atoms with Crippen LogP contribution in [0.2, 0.25) is 0 Å². The van der Waals surface area contributed by atoms with E-state index in [4.69, 9.17) is 11.0 Å². The lowest BCUT2D eigenvalue weighted by atomic mass is 10.1. The van der Waals surface area contributed by atoms with Gasteiger partial charge in [-0.2, -0.15) is 5.26 Å². The molecule has 0 aliphatic rings. The zero-order valence-electron chi connectivity index (χ0n) is 11.6. The van der Waals surface area contributed by atoms with E-state index in [2.05, 4.69) is 5.32 Å². The Balaban J connectivity index is 2.49. The first-order valence-corrected chi connectivity index (χ1v) is 6.22. The Morgan fingerprint density at radius 2 is 2.00 bits per heavy atom. The Morgan fingerprint density at radius 3 is 2.50 bits per heavy atom. The number of nitrogens with zero attached hydrogens (tertiary/aromatic N) is 2. The molecule has 3 amide bonds. The Kier molecular flexibility index (Phi) is 5.54. The van der Waals surface area contributed by atoms with Crippen molar-refractivity contribution in [3.63, 3.8) is 0 Å². The maximum atomic E-state index is 11.9. The van der Waals surface area contributed by atoms with E-state index in [9.17, 15) is 9.59 Å². The fourth-order valence-corrected chi connectivity index (χ4v) is 1.63. The summed E-state index contributed by atoms with van der Waals surface area (Å²) in [5.41, 5.74) is 6.57. The van der Waals surface area contributed by atoms with E-state index in [0.717, 1.165) is 5.56 Å². The molecule has 3 N–H and O–H groups in total. The van der Waals surface area contributed by atoms with Crippen molar-refractivity contribution in [1.29, 1.82) is 5.26 Å². The van der Waals surface area contributed by atoms with Gasteiger partial charge >= 0.3 is 6.03 Å². The summed E-state index contributed by atoms with van der Waals surface area (Å²) in [6.07, 6.45) is 0.126. The lowest BCUT2D eigenvalue weighted by Crippen LogP contribution is -2.43. The zero-order valence-corrected chi connectivity index (χ0v) is 11.6. The molecule has 0 bridgehead atoms. The molecule has 0 aliphatic carbocycles. The average molecular weight is 274 g/mol. The van der Waals surface area contributed by atoms with Gasteiger partial charge in [-0.1, -0.05) is 12.1 Å². The van der Waals surface area contributed by atoms with Crippen LogP contribution < -0.4 is 11.1 Å². The average Bonchev–Trinajstić information content (AvgIpc) is 2.43. The lowest BCUT2D eigenvalue weighted by Gasteiger charge is -2.24. The molecule has 0 aliphatic heterocycles. The molecular weight excluding hydrogens is 256 g/mol. The molecule has 1 rings (SSSR count). The van der Waals surface area contributed by atoms with Crippen molar-refractivity contribution in [1.82, 2.24) is 10.2 Å². The standard InChI is InChI=1S/C14H18N4O2/c1-10(7-13(16)19)18(2)14(20)17-9-12-5-3-11(8-15)4-6-12/h3-6,10H,7,9H2,1-2H3,(H2,16,19)(H,17,20). The van der Waals surface area contributed by atoms with E-state index in [-0.39, 0.29) is 18.5 Å². The number of nitriles is 1. The summed E-state index contributed by atoms with van der Waals surface area (Å²) in [6.45, 7) is 2.12. The van der Waals surface area contributed by atoms with Crippen molar-refractivity contribution >= 4 is 11.9 Å². The summed E-state index contributed by atoms with van der Waals surface area (Å²) in [5, 5.41) is 11.4. The van der Waals surface area contributed by atoms with Gasteiger partial charge in [0.15, 0.2) is 0 Å². The third-order valence-corrected chi connectivity index (χ3v) is 3.00. The van der Waals surface area contributed by atoms with Crippen LogP contribution >= 0.6 is 0 Å². The van der Waals surface area contributed by atoms with E-state index in [1.165, 1.54) is 4.90 Å². The Labute approximate surface area is 118 Å². The first-order chi connectivity index (χ1) is 9.43. The van der Waals surface area contributed by atoms with Gasteiger partial charge in [0, 0.05) is 26.1 Å². The first-order valence-electron chi connectivity index (χ1n) is 6.22. The molecule has 0 saturated carbocycles. The number of nitrogens with one attached hydrogen (secondary N) is 1. The number of hydrogen-bond acceptors (Lipinski definition) is 3. The van der Waals surface area contributed by atoms with Gasteiger partial charge in [0.05, 0.1) is 11.6 Å². The van der Waals surface area contributed by atoms with E-state index in [1.807, 2.05) is 6.07 Å². The highest BCUT2D eigenvalue weighted by Gasteiger charge is 2.16. The largest absolute Gasteiger partial charge is 0.370 e. The van der Waals surface area contributed by atoms with E-state index >= 15 is 0 Å². The van der Waals surface area contributed by atoms with Crippen LogP contribution in [0.4, 0.5) is 4.79 Å². The molecule has 0 aromatic heterocycles. The van der Waals surface area contributed by atoms with Crippen LogP contribution in [0.3, 0.4) is 0 Å². The van der Waals surface area contributed by atoms with Crippen molar-refractivity contribution in [3.8, 4) is 6.07 Å². The molecule has 6 nitrogen and oxygen atoms in total. The summed E-state index contributed by atoms with van der Waals surface area (Å²) in [5.74, 6) is -0.441. The van der Waals surface area contributed by atoms with Crippen molar-refractivity contribution in [2.75, 3.05) is 7.05 Å². The van der Waals surface area contributed by atoms with Crippen LogP contribution in [0.15, 0.2) is 24.3 Å². The third kappa shape index (κ3) is 4.61. The minimum absolute atomic E-state index is 0.126. The molecule has 20 heavy (non-hydrogen) atoms. The summed E-state index contributed by atoms with van der Waals surface area (Å²) >= 11 is 0. The number of rotatable bonds is 5. The van der Waals surface area contributed by atoms with Gasteiger partial charge < -0.3 is 16.0 Å². The molecule has 6 heteroatoms. The second kappa shape index (κ2) is 7.14. The highest BCUT2D eigenvalue weighted by Crippen LogP contribution is 2.04. The molecule has 1 aromatic rings. The highest BCUT2D eigenvalue weighted by molar-refractivity contribution is 5.77. The molecule has 0 radical (unpaired) electrons. The van der Waals surface area contributed by atoms with Crippen molar-refractivity contribution < 1.29 is 9.59 Å². The van der Waals surface area contributed by atoms with Crippen LogP contribution in [-0.2, 0) is 11.3 Å². The number of carbonyl (C=O) groups is 2. The molecule has 1 atom stereocenters. The third-order valence-electron chi connectivity index (χ3n) is 3.00. The monoisotopic (exact) mass is 274 g/mol. The second-order valence-corrected chi connectivity index (χ2v) is 4.60. The fraction of sp³-hybridized carbons (Fsp3) is 0.357. The molecule has 0 heterocycles. The number of nitrogens with two attached hydrogens (primary N) is 1. The lowest BCUT2D eigenvalue weighted by molar-refractivity contribution is -0.118. The quantitative estimate of drug-likeness (QED) is 0.836. The number of hydrogen-bond donors (Lipinski definition) is 2. The van der Waals surface area contributed by atoms with E-state index < -0.39 is 5.91 Å². The predicted molar refractivity (Wildman–Crippen MR) is 74.4 cm³/mol. The molecule has 1 aromatic carbocycles. The maximum Gasteiger partial charge on any atom is 0.317 e. The van der Waals surface area contributed by atoms with Gasteiger partial charge in [-0.3, -0.25) is 4.79 Å². The zero-order chi connectivity index (χ0) is 15.1. The maximum absolute atomic E-state index is 11.9. The molecule has 0 fully saturated rings. The van der Waals surface area contributed by atoms with Gasteiger partial charge in [-0.25, -0.2) is 4.79 Å². The first kappa shape index (κ1) is 15.5. The molecule has 0 spiro atoms. The van der Waals surface area contributed by atoms with Gasteiger partial charge in [0.25, 0.3) is 0 Å². The SMILES string of the molecule is CC(CC(N)=O)N(C)C(=O)NCc1ccc(C#N)cc1. The minimum Gasteiger partial charge on any atom is -0.370 e. The number of urea groups is 1. The highest BCUT2D eigenvalue weighted by atomic mass is 16.2. The second-order valence-electron chi connectivity index (χ2n) is 4.60. The van der Waals surface area contributed by atoms with E-state index in [0.29, 0.717) is 12.1 Å². The van der Waals surface area contributed by atoms with Crippen molar-refractivity contribution in [3.05, 3.63) is 35.4 Å². The molecule has 1 unspecified atom stereocenters. The summed E-state index contributed by atoms with van der Waals surface area (Å²) < 4.78 is 0. The Hall–Kier alpha value is -2.55. The van der Waals surface area contributed by atoms with Gasteiger partial charge in [-0.05, 0) is 24.6 Å². The van der Waals surface area contributed by atoms with Crippen LogP contribution in [0, 0.1) is 11.3 Å². The Bertz CT molecular complexity index is 519. The number of amides is 3. The fourth-order valence-electron chi connectivity index (χ4n) is 1.63. The number of benzene rings is 1. The van der Waals surface area contributed by atoms with Crippen LogP contribution in [0.1, 0.15) is 24.5 Å². The smallest absolute Gasteiger partial charge is 0.317 e. The van der Waals surface area contributed by atoms with Gasteiger partial charge in [0.1, 0.15) is 0 Å². The Morgan fingerprint density at radius 1 is 1.40 bits per heavy atom. The van der Waals surface area contributed by atoms with Crippen LogP contribution in [0.5, 0.6) is 0 Å². The van der Waals surface area contributed by atoms with Crippen LogP contribution in [-0.4, -0.2) is 29.9 Å². The van der Waals surface area contributed by atoms with Crippen molar-refractivity contribution in [2.45, 2.75) is 25.9 Å². The van der Waals surface area contributed by atoms with E-state index in [1.54, 1.807) is 38.2 Å². The molecular formula is C14H18N4O2. The minimum atomic E-state index is -0.441. The van der Waals surface area contributed by atoms with Crippen molar-refractivity contribution in [2.24, 2.45) is 5.73 Å². The van der Waals surface area contributed by atoms with Crippen LogP contribution in [0.25, 0.3) is 0 Å². The summed E-state index contributed by atoms with van der Waals surface area (Å²) in [7, 11) is 1.61. The molecule has 106 valence electrons. The number of primary amides is 1. The topological polar surface area (TPSA) is 99.2 Å². The van der Waals surface area contributed by atoms with Gasteiger partial charge in [-0.15, -0.1) is 0 Å². The normalized spacial score (nSPS) is 11.2. The molecule has 0 saturated heterocycles. The summed E-state index contributed by atoms with van der Waals surface area (Å²) in [6, 6.07) is 8.46. The number of carbonyl (C=O) groups excluding carboxylic acids is 2.